The summed E-state index contributed by atoms with van der Waals surface area (Å²) in [7, 11) is 2.11. The van der Waals surface area contributed by atoms with Crippen molar-refractivity contribution in [2.24, 2.45) is 0 Å². The number of hydrogen-bond donors (Lipinski definition) is 1. The van der Waals surface area contributed by atoms with Crippen LogP contribution in [-0.2, 0) is 0 Å². The second-order valence-corrected chi connectivity index (χ2v) is 8.32. The van der Waals surface area contributed by atoms with Crippen molar-refractivity contribution in [3.8, 4) is 11.5 Å². The molecule has 2 aromatic carbocycles. The molecule has 31 heavy (non-hydrogen) atoms. The molecule has 0 radical (unpaired) electrons. The Balaban J connectivity index is 1.86. The van der Waals surface area contributed by atoms with Crippen LogP contribution in [0, 0.1) is 0 Å². The molecule has 1 N–H and O–H groups in total. The molecule has 0 atom stereocenters. The number of anilines is 2. The number of carbonyl (C=O) groups is 1. The maximum atomic E-state index is 13.1. The van der Waals surface area contributed by atoms with Gasteiger partial charge in [0, 0.05) is 36.8 Å². The Hall–Kier alpha value is -2.15. The number of likely N-dealkylation sites (N-methyl/N-ethyl adjacent to an activating group) is 1. The normalized spacial score (nSPS) is 14.4. The Morgan fingerprint density at radius 1 is 1.06 bits per heavy atom. The maximum absolute atomic E-state index is 13.1. The molecule has 1 aliphatic rings. The van der Waals surface area contributed by atoms with Gasteiger partial charge in [-0.2, -0.15) is 0 Å². The third-order valence-corrected chi connectivity index (χ3v) is 5.59. The second kappa shape index (κ2) is 10.9. The molecule has 0 aliphatic carbocycles. The predicted octanol–water partition coefficient (Wildman–Crippen LogP) is 5.19. The van der Waals surface area contributed by atoms with Crippen molar-refractivity contribution in [3.63, 3.8) is 0 Å². The van der Waals surface area contributed by atoms with Crippen LogP contribution in [0.25, 0.3) is 0 Å². The highest BCUT2D eigenvalue weighted by molar-refractivity contribution is 6.33. The van der Waals surface area contributed by atoms with Crippen LogP contribution in [0.3, 0.4) is 0 Å². The zero-order chi connectivity index (χ0) is 22.4. The summed E-state index contributed by atoms with van der Waals surface area (Å²) >= 11 is 12.7. The van der Waals surface area contributed by atoms with Gasteiger partial charge >= 0.3 is 0 Å². The van der Waals surface area contributed by atoms with E-state index in [1.54, 1.807) is 18.2 Å². The minimum Gasteiger partial charge on any atom is -0.490 e. The summed E-state index contributed by atoms with van der Waals surface area (Å²) in [4.78, 5) is 17.6. The number of hydrogen-bond acceptors (Lipinski definition) is 5. The van der Waals surface area contributed by atoms with Crippen LogP contribution in [0.4, 0.5) is 11.4 Å². The molecule has 0 spiro atoms. The number of nitrogens with zero attached hydrogens (tertiary/aromatic N) is 2. The van der Waals surface area contributed by atoms with Crippen LogP contribution in [0.15, 0.2) is 30.3 Å². The van der Waals surface area contributed by atoms with Crippen LogP contribution >= 0.6 is 23.2 Å². The number of benzene rings is 2. The Morgan fingerprint density at radius 2 is 1.81 bits per heavy atom. The first kappa shape index (κ1) is 23.5. The summed E-state index contributed by atoms with van der Waals surface area (Å²) in [6.07, 6.45) is 0.841. The number of piperazine rings is 1. The van der Waals surface area contributed by atoms with Gasteiger partial charge in [0.15, 0.2) is 11.5 Å². The molecule has 1 saturated heterocycles. The smallest absolute Gasteiger partial charge is 0.255 e. The van der Waals surface area contributed by atoms with Gasteiger partial charge in [0.2, 0.25) is 0 Å². The average Bonchev–Trinajstić information content (AvgIpc) is 2.74. The molecule has 8 heteroatoms. The molecule has 1 aliphatic heterocycles. The Bertz CT molecular complexity index is 915. The van der Waals surface area contributed by atoms with E-state index in [4.69, 9.17) is 32.7 Å². The van der Waals surface area contributed by atoms with Crippen LogP contribution in [0.2, 0.25) is 10.0 Å². The van der Waals surface area contributed by atoms with Crippen LogP contribution in [-0.4, -0.2) is 57.2 Å². The number of nitrogens with one attached hydrogen (secondary N) is 1. The van der Waals surface area contributed by atoms with Gasteiger partial charge in [-0.3, -0.25) is 4.79 Å². The first-order chi connectivity index (χ1) is 14.9. The summed E-state index contributed by atoms with van der Waals surface area (Å²) in [5, 5.41) is 3.90. The average molecular weight is 466 g/mol. The lowest BCUT2D eigenvalue weighted by molar-refractivity contribution is 0.102. The highest BCUT2D eigenvalue weighted by Gasteiger charge is 2.21. The lowest BCUT2D eigenvalue weighted by atomic mass is 10.1. The van der Waals surface area contributed by atoms with Crippen molar-refractivity contribution in [1.82, 2.24) is 4.90 Å². The minimum atomic E-state index is -0.289. The topological polar surface area (TPSA) is 54.0 Å². The monoisotopic (exact) mass is 465 g/mol. The van der Waals surface area contributed by atoms with Crippen molar-refractivity contribution >= 4 is 40.5 Å². The van der Waals surface area contributed by atoms with Gasteiger partial charge in [0.1, 0.15) is 0 Å². The van der Waals surface area contributed by atoms with E-state index in [1.807, 2.05) is 26.0 Å². The third-order valence-electron chi connectivity index (χ3n) is 5.07. The lowest BCUT2D eigenvalue weighted by Gasteiger charge is -2.35. The molecule has 0 bridgehead atoms. The predicted molar refractivity (Wildman–Crippen MR) is 128 cm³/mol. The van der Waals surface area contributed by atoms with Gasteiger partial charge in [0.05, 0.1) is 29.6 Å². The first-order valence-corrected chi connectivity index (χ1v) is 11.3. The van der Waals surface area contributed by atoms with Crippen molar-refractivity contribution in [2.45, 2.75) is 20.3 Å². The standard InChI is InChI=1S/C23H29Cl2N3O3/c1-4-12-31-22-18(25)13-16(14-21(22)30-5-2)23(29)26-19-15-17(24)6-7-20(19)28-10-8-27(3)9-11-28/h6-7,13-15H,4-5,8-12H2,1-3H3,(H,26,29). The SMILES string of the molecule is CCCOc1c(Cl)cc(C(=O)Nc2cc(Cl)ccc2N2CCN(C)CC2)cc1OCC. The van der Waals surface area contributed by atoms with Gasteiger partial charge in [-0.15, -0.1) is 0 Å². The molecule has 0 saturated carbocycles. The number of halogens is 2. The Kier molecular flexibility index (Phi) is 8.29. The molecule has 1 amide bonds. The van der Waals surface area contributed by atoms with Crippen molar-refractivity contribution in [2.75, 3.05) is 56.7 Å². The minimum absolute atomic E-state index is 0.289. The molecule has 6 nitrogen and oxygen atoms in total. The molecule has 3 rings (SSSR count). The molecule has 168 valence electrons. The quantitative estimate of drug-likeness (QED) is 0.581. The van der Waals surface area contributed by atoms with Crippen LogP contribution in [0.5, 0.6) is 11.5 Å². The lowest BCUT2D eigenvalue weighted by Crippen LogP contribution is -2.44. The fourth-order valence-corrected chi connectivity index (χ4v) is 3.87. The van der Waals surface area contributed by atoms with Gasteiger partial charge in [0.25, 0.3) is 5.91 Å². The van der Waals surface area contributed by atoms with Crippen molar-refractivity contribution in [3.05, 3.63) is 45.9 Å². The first-order valence-electron chi connectivity index (χ1n) is 10.6. The Labute approximate surface area is 194 Å². The number of rotatable bonds is 8. The molecule has 2 aromatic rings. The molecule has 0 aromatic heterocycles. The zero-order valence-electron chi connectivity index (χ0n) is 18.2. The van der Waals surface area contributed by atoms with Crippen LogP contribution < -0.4 is 19.7 Å². The molecular weight excluding hydrogens is 437 g/mol. The fourth-order valence-electron chi connectivity index (χ4n) is 3.43. The van der Waals surface area contributed by atoms with Gasteiger partial charge in [-0.25, -0.2) is 0 Å². The highest BCUT2D eigenvalue weighted by atomic mass is 35.5. The van der Waals surface area contributed by atoms with Gasteiger partial charge < -0.3 is 24.6 Å². The number of amides is 1. The number of ether oxygens (including phenoxy) is 2. The van der Waals surface area contributed by atoms with E-state index in [1.165, 1.54) is 0 Å². The maximum Gasteiger partial charge on any atom is 0.255 e. The van der Waals surface area contributed by atoms with E-state index >= 15 is 0 Å². The summed E-state index contributed by atoms with van der Waals surface area (Å²) in [6, 6.07) is 8.83. The van der Waals surface area contributed by atoms with E-state index in [0.29, 0.717) is 46.0 Å². The molecule has 1 fully saturated rings. The van der Waals surface area contributed by atoms with E-state index < -0.39 is 0 Å². The largest absolute Gasteiger partial charge is 0.490 e. The molecule has 1 heterocycles. The van der Waals surface area contributed by atoms with Crippen molar-refractivity contribution < 1.29 is 14.3 Å². The zero-order valence-corrected chi connectivity index (χ0v) is 19.7. The summed E-state index contributed by atoms with van der Waals surface area (Å²) < 4.78 is 11.4. The Morgan fingerprint density at radius 3 is 2.48 bits per heavy atom. The van der Waals surface area contributed by atoms with Crippen molar-refractivity contribution in [1.29, 1.82) is 0 Å². The van der Waals surface area contributed by atoms with E-state index in [-0.39, 0.29) is 5.91 Å². The van der Waals surface area contributed by atoms with Gasteiger partial charge in [-0.1, -0.05) is 30.1 Å². The van der Waals surface area contributed by atoms with E-state index in [2.05, 4.69) is 22.2 Å². The fraction of sp³-hybridized carbons (Fsp3) is 0.435. The van der Waals surface area contributed by atoms with Gasteiger partial charge in [-0.05, 0) is 50.7 Å². The summed E-state index contributed by atoms with van der Waals surface area (Å²) in [6.45, 7) is 8.52. The van der Waals surface area contributed by atoms with Crippen LogP contribution in [0.1, 0.15) is 30.6 Å². The highest BCUT2D eigenvalue weighted by Crippen LogP contribution is 2.37. The molecular formula is C23H29Cl2N3O3. The summed E-state index contributed by atoms with van der Waals surface area (Å²) in [5.74, 6) is 0.629. The van der Waals surface area contributed by atoms with E-state index in [0.717, 1.165) is 38.3 Å². The second-order valence-electron chi connectivity index (χ2n) is 7.47. The molecule has 0 unspecified atom stereocenters. The summed E-state index contributed by atoms with van der Waals surface area (Å²) in [5.41, 5.74) is 2.01. The third kappa shape index (κ3) is 5.97. The number of carbonyl (C=O) groups excluding carboxylic acids is 1. The van der Waals surface area contributed by atoms with E-state index in [9.17, 15) is 4.79 Å².